The highest BCUT2D eigenvalue weighted by atomic mass is 35.5. The van der Waals surface area contributed by atoms with Gasteiger partial charge in [-0.25, -0.2) is 4.98 Å². The Kier molecular flexibility index (Phi) is 4.16. The lowest BCUT2D eigenvalue weighted by Gasteiger charge is -2.21. The third kappa shape index (κ3) is 2.93. The third-order valence-electron chi connectivity index (χ3n) is 2.93. The zero-order chi connectivity index (χ0) is 13.8. The lowest BCUT2D eigenvalue weighted by molar-refractivity contribution is 0.0747. The summed E-state index contributed by atoms with van der Waals surface area (Å²) in [5.74, 6) is 0.721. The Morgan fingerprint density at radius 2 is 2.26 bits per heavy atom. The van der Waals surface area contributed by atoms with Crippen LogP contribution in [0.25, 0.3) is 0 Å². The van der Waals surface area contributed by atoms with Gasteiger partial charge < -0.3 is 9.47 Å². The van der Waals surface area contributed by atoms with Gasteiger partial charge in [0, 0.05) is 38.4 Å². The summed E-state index contributed by atoms with van der Waals surface area (Å²) in [6, 6.07) is 1.63. The van der Waals surface area contributed by atoms with Crippen molar-refractivity contribution < 1.29 is 4.79 Å². The van der Waals surface area contributed by atoms with Crippen LogP contribution in [0, 0.1) is 0 Å². The molecule has 2 aromatic heterocycles. The van der Waals surface area contributed by atoms with Gasteiger partial charge in [0.15, 0.2) is 0 Å². The van der Waals surface area contributed by atoms with E-state index in [9.17, 15) is 4.79 Å². The van der Waals surface area contributed by atoms with Crippen molar-refractivity contribution in [1.29, 1.82) is 0 Å². The summed E-state index contributed by atoms with van der Waals surface area (Å²) < 4.78 is 1.89. The highest BCUT2D eigenvalue weighted by Gasteiger charge is 2.18. The van der Waals surface area contributed by atoms with E-state index < -0.39 is 0 Å². The van der Waals surface area contributed by atoms with E-state index in [4.69, 9.17) is 11.6 Å². The van der Waals surface area contributed by atoms with Crippen molar-refractivity contribution in [2.45, 2.75) is 13.5 Å². The van der Waals surface area contributed by atoms with Gasteiger partial charge in [-0.2, -0.15) is 0 Å². The zero-order valence-electron chi connectivity index (χ0n) is 10.9. The number of hydrogen-bond acceptors (Lipinski definition) is 3. The minimum Gasteiger partial charge on any atom is -0.337 e. The van der Waals surface area contributed by atoms with Crippen LogP contribution in [-0.2, 0) is 13.6 Å². The average molecular weight is 279 g/mol. The fourth-order valence-electron chi connectivity index (χ4n) is 1.77. The molecule has 2 aromatic rings. The maximum atomic E-state index is 12.4. The lowest BCUT2D eigenvalue weighted by atomic mass is 10.2. The predicted molar refractivity (Wildman–Crippen MR) is 72.9 cm³/mol. The molecule has 0 saturated heterocycles. The summed E-state index contributed by atoms with van der Waals surface area (Å²) in [7, 11) is 1.90. The molecule has 0 bridgehead atoms. The first-order valence-electron chi connectivity index (χ1n) is 5.98. The summed E-state index contributed by atoms with van der Waals surface area (Å²) in [6.45, 7) is 2.97. The van der Waals surface area contributed by atoms with E-state index in [1.165, 1.54) is 6.20 Å². The lowest BCUT2D eigenvalue weighted by Crippen LogP contribution is -2.31. The van der Waals surface area contributed by atoms with E-state index in [-0.39, 0.29) is 5.91 Å². The number of carbonyl (C=O) groups excluding carboxylic acids is 1. The third-order valence-corrected chi connectivity index (χ3v) is 3.23. The number of aryl methyl sites for hydroxylation is 1. The van der Waals surface area contributed by atoms with Gasteiger partial charge in [0.25, 0.3) is 5.91 Å². The largest absolute Gasteiger partial charge is 0.337 e. The molecule has 0 aliphatic rings. The second-order valence-corrected chi connectivity index (χ2v) is 4.54. The molecule has 1 amide bonds. The summed E-state index contributed by atoms with van der Waals surface area (Å²) in [6.07, 6.45) is 6.61. The maximum Gasteiger partial charge on any atom is 0.255 e. The van der Waals surface area contributed by atoms with Crippen molar-refractivity contribution in [2.24, 2.45) is 7.05 Å². The Morgan fingerprint density at radius 1 is 1.47 bits per heavy atom. The van der Waals surface area contributed by atoms with Crippen molar-refractivity contribution >= 4 is 17.5 Å². The monoisotopic (exact) mass is 278 g/mol. The Hall–Kier alpha value is -1.88. The van der Waals surface area contributed by atoms with E-state index >= 15 is 0 Å². The predicted octanol–water partition coefficient (Wildman–Crippen LogP) is 2.13. The van der Waals surface area contributed by atoms with Crippen LogP contribution in [0.4, 0.5) is 0 Å². The van der Waals surface area contributed by atoms with Crippen LogP contribution in [-0.4, -0.2) is 31.9 Å². The molecule has 0 N–H and O–H groups in total. The second-order valence-electron chi connectivity index (χ2n) is 4.13. The minimum atomic E-state index is -0.113. The normalized spacial score (nSPS) is 10.5. The van der Waals surface area contributed by atoms with Gasteiger partial charge in [-0.15, -0.1) is 0 Å². The van der Waals surface area contributed by atoms with Crippen LogP contribution >= 0.6 is 11.6 Å². The smallest absolute Gasteiger partial charge is 0.255 e. The summed E-state index contributed by atoms with van der Waals surface area (Å²) >= 11 is 6.00. The number of amides is 1. The summed E-state index contributed by atoms with van der Waals surface area (Å²) in [5, 5.41) is 0.366. The molecule has 0 aliphatic carbocycles. The zero-order valence-corrected chi connectivity index (χ0v) is 11.6. The summed E-state index contributed by atoms with van der Waals surface area (Å²) in [4.78, 5) is 22.2. The molecule has 2 heterocycles. The minimum absolute atomic E-state index is 0.113. The van der Waals surface area contributed by atoms with E-state index in [0.29, 0.717) is 23.7 Å². The first-order chi connectivity index (χ1) is 9.13. The van der Waals surface area contributed by atoms with Gasteiger partial charge in [-0.3, -0.25) is 9.78 Å². The Balaban J connectivity index is 2.21. The summed E-state index contributed by atoms with van der Waals surface area (Å²) in [5.41, 5.74) is 0.465. The number of imidazole rings is 1. The van der Waals surface area contributed by atoms with Crippen LogP contribution in [0.1, 0.15) is 23.1 Å². The molecule has 6 heteroatoms. The standard InChI is InChI=1S/C13H15ClN4O/c1-3-18(9-12-16-6-7-17(12)2)13(19)10-4-5-15-8-11(10)14/h4-8H,3,9H2,1-2H3. The van der Waals surface area contributed by atoms with E-state index in [0.717, 1.165) is 5.82 Å². The molecule has 0 fully saturated rings. The van der Waals surface area contributed by atoms with Gasteiger partial charge >= 0.3 is 0 Å². The fraction of sp³-hybridized carbons (Fsp3) is 0.308. The van der Waals surface area contributed by atoms with Gasteiger partial charge in [0.1, 0.15) is 5.82 Å². The van der Waals surface area contributed by atoms with E-state index in [1.807, 2.05) is 24.7 Å². The molecule has 100 valence electrons. The quantitative estimate of drug-likeness (QED) is 0.861. The van der Waals surface area contributed by atoms with Crippen molar-refractivity contribution in [3.05, 3.63) is 47.3 Å². The molecule has 0 spiro atoms. The molecule has 0 aromatic carbocycles. The van der Waals surface area contributed by atoms with Crippen LogP contribution in [0.15, 0.2) is 30.9 Å². The maximum absolute atomic E-state index is 12.4. The Morgan fingerprint density at radius 3 is 2.84 bits per heavy atom. The van der Waals surface area contributed by atoms with E-state index in [1.54, 1.807) is 23.4 Å². The number of nitrogens with zero attached hydrogens (tertiary/aromatic N) is 4. The molecule has 0 unspecified atom stereocenters. The Bertz CT molecular complexity index is 582. The molecule has 5 nitrogen and oxygen atoms in total. The first-order valence-corrected chi connectivity index (χ1v) is 6.36. The van der Waals surface area contributed by atoms with Crippen LogP contribution in [0.5, 0.6) is 0 Å². The van der Waals surface area contributed by atoms with Crippen LogP contribution < -0.4 is 0 Å². The van der Waals surface area contributed by atoms with Crippen LogP contribution in [0.3, 0.4) is 0 Å². The highest BCUT2D eigenvalue weighted by Crippen LogP contribution is 2.16. The number of hydrogen-bond donors (Lipinski definition) is 0. The topological polar surface area (TPSA) is 51.0 Å². The van der Waals surface area contributed by atoms with Crippen molar-refractivity contribution in [1.82, 2.24) is 19.4 Å². The fourth-order valence-corrected chi connectivity index (χ4v) is 1.97. The highest BCUT2D eigenvalue weighted by molar-refractivity contribution is 6.33. The number of aromatic nitrogens is 3. The second kappa shape index (κ2) is 5.84. The molecule has 0 saturated carbocycles. The molecule has 0 atom stereocenters. The number of carbonyl (C=O) groups is 1. The van der Waals surface area contributed by atoms with Crippen molar-refractivity contribution in [3.63, 3.8) is 0 Å². The number of rotatable bonds is 4. The molecule has 0 aliphatic heterocycles. The average Bonchev–Trinajstić information content (AvgIpc) is 2.81. The van der Waals surface area contributed by atoms with Gasteiger partial charge in [0.05, 0.1) is 17.1 Å². The first kappa shape index (κ1) is 13.5. The molecular weight excluding hydrogens is 264 g/mol. The van der Waals surface area contributed by atoms with Crippen molar-refractivity contribution in [2.75, 3.05) is 6.54 Å². The van der Waals surface area contributed by atoms with Crippen molar-refractivity contribution in [3.8, 4) is 0 Å². The number of pyridine rings is 1. The molecule has 2 rings (SSSR count). The molecule has 19 heavy (non-hydrogen) atoms. The molecular formula is C13H15ClN4O. The van der Waals surface area contributed by atoms with Gasteiger partial charge in [-0.1, -0.05) is 11.6 Å². The molecule has 0 radical (unpaired) electrons. The van der Waals surface area contributed by atoms with Crippen LogP contribution in [0.2, 0.25) is 5.02 Å². The number of halogens is 1. The van der Waals surface area contributed by atoms with Gasteiger partial charge in [-0.05, 0) is 13.0 Å². The van der Waals surface area contributed by atoms with E-state index in [2.05, 4.69) is 9.97 Å². The SMILES string of the molecule is CCN(Cc1nccn1C)C(=O)c1ccncc1Cl. The van der Waals surface area contributed by atoms with Gasteiger partial charge in [0.2, 0.25) is 0 Å². The Labute approximate surface area is 116 Å².